The quantitative estimate of drug-likeness (QED) is 0.802. The third-order valence-corrected chi connectivity index (χ3v) is 3.62. The Hall–Kier alpha value is -1.21. The number of carbonyl (C=O) groups is 1. The second-order valence-electron chi connectivity index (χ2n) is 3.99. The Morgan fingerprint density at radius 1 is 1.53 bits per heavy atom. The van der Waals surface area contributed by atoms with Crippen LogP contribution in [0.5, 0.6) is 0 Å². The number of imidazole rings is 1. The normalized spacial score (nSPS) is 12.0. The summed E-state index contributed by atoms with van der Waals surface area (Å²) in [6.07, 6.45) is 2.88. The average Bonchev–Trinajstić information content (AvgIpc) is 2.75. The Morgan fingerprint density at radius 3 is 2.65 bits per heavy atom. The molecule has 0 amide bonds. The predicted molar refractivity (Wildman–Crippen MR) is 62.9 cm³/mol. The van der Waals surface area contributed by atoms with E-state index in [0.29, 0.717) is 6.54 Å². The van der Waals surface area contributed by atoms with Crippen LogP contribution in [-0.2, 0) is 21.4 Å². The van der Waals surface area contributed by atoms with Crippen molar-refractivity contribution in [2.75, 3.05) is 6.54 Å². The molecule has 0 saturated carbocycles. The van der Waals surface area contributed by atoms with E-state index in [9.17, 15) is 13.2 Å². The fourth-order valence-corrected chi connectivity index (χ4v) is 2.04. The van der Waals surface area contributed by atoms with Crippen molar-refractivity contribution in [1.82, 2.24) is 14.3 Å². The van der Waals surface area contributed by atoms with Crippen molar-refractivity contribution in [3.63, 3.8) is 0 Å². The Labute approximate surface area is 101 Å². The highest BCUT2D eigenvalue weighted by molar-refractivity contribution is 7.89. The van der Waals surface area contributed by atoms with Crippen molar-refractivity contribution < 1.29 is 13.2 Å². The number of nitrogens with zero attached hydrogens (tertiary/aromatic N) is 2. The number of carbonyl (C=O) groups excluding carboxylic acids is 1. The van der Waals surface area contributed by atoms with Crippen LogP contribution < -0.4 is 4.72 Å². The van der Waals surface area contributed by atoms with Gasteiger partial charge in [-0.05, 0) is 6.92 Å². The molecule has 6 nitrogen and oxygen atoms in total. The Kier molecular flexibility index (Phi) is 4.41. The first-order chi connectivity index (χ1) is 7.86. The van der Waals surface area contributed by atoms with Crippen LogP contribution in [0.3, 0.4) is 0 Å². The third kappa shape index (κ3) is 3.64. The SMILES string of the molecule is CCn1cnc(S(=O)(=O)NCC(=O)C(C)C)c1. The number of ketones is 1. The molecule has 0 aromatic carbocycles. The van der Waals surface area contributed by atoms with Gasteiger partial charge in [0.25, 0.3) is 10.0 Å². The van der Waals surface area contributed by atoms with Crippen LogP contribution in [0.1, 0.15) is 20.8 Å². The van der Waals surface area contributed by atoms with E-state index >= 15 is 0 Å². The number of rotatable bonds is 6. The van der Waals surface area contributed by atoms with E-state index < -0.39 is 10.0 Å². The zero-order valence-corrected chi connectivity index (χ0v) is 11.0. The molecular formula is C10H17N3O3S. The summed E-state index contributed by atoms with van der Waals surface area (Å²) in [7, 11) is -3.68. The highest BCUT2D eigenvalue weighted by atomic mass is 32.2. The van der Waals surface area contributed by atoms with Crippen LogP contribution in [0, 0.1) is 5.92 Å². The van der Waals surface area contributed by atoms with E-state index in [-0.39, 0.29) is 23.3 Å². The molecule has 0 spiro atoms. The van der Waals surface area contributed by atoms with E-state index in [2.05, 4.69) is 9.71 Å². The first-order valence-corrected chi connectivity index (χ1v) is 6.89. The van der Waals surface area contributed by atoms with Crippen molar-refractivity contribution in [2.45, 2.75) is 32.3 Å². The van der Waals surface area contributed by atoms with Gasteiger partial charge in [0, 0.05) is 18.7 Å². The molecule has 0 unspecified atom stereocenters. The van der Waals surface area contributed by atoms with Gasteiger partial charge in [-0.1, -0.05) is 13.8 Å². The number of nitrogens with one attached hydrogen (secondary N) is 1. The molecule has 0 aliphatic carbocycles. The third-order valence-electron chi connectivity index (χ3n) is 2.33. The van der Waals surface area contributed by atoms with E-state index in [1.165, 1.54) is 12.5 Å². The van der Waals surface area contributed by atoms with Crippen LogP contribution in [0.4, 0.5) is 0 Å². The molecule has 1 aromatic heterocycles. The molecule has 1 rings (SSSR count). The maximum absolute atomic E-state index is 11.7. The zero-order chi connectivity index (χ0) is 13.1. The molecule has 0 aliphatic heterocycles. The summed E-state index contributed by atoms with van der Waals surface area (Å²) >= 11 is 0. The van der Waals surface area contributed by atoms with Gasteiger partial charge in [-0.25, -0.2) is 18.1 Å². The van der Waals surface area contributed by atoms with Gasteiger partial charge in [0.15, 0.2) is 5.03 Å². The van der Waals surface area contributed by atoms with Gasteiger partial charge in [0.1, 0.15) is 5.78 Å². The second-order valence-corrected chi connectivity index (χ2v) is 5.70. The van der Waals surface area contributed by atoms with Gasteiger partial charge in [0.2, 0.25) is 0 Å². The molecule has 7 heteroatoms. The van der Waals surface area contributed by atoms with E-state index in [1.54, 1.807) is 18.4 Å². The lowest BCUT2D eigenvalue weighted by Crippen LogP contribution is -2.31. The number of hydrogen-bond acceptors (Lipinski definition) is 4. The van der Waals surface area contributed by atoms with Crippen molar-refractivity contribution in [2.24, 2.45) is 5.92 Å². The second kappa shape index (κ2) is 5.42. The maximum Gasteiger partial charge on any atom is 0.259 e. The molecule has 0 aliphatic rings. The minimum Gasteiger partial charge on any atom is -0.336 e. The number of Topliss-reactive ketones (excluding diaryl/α,β-unsaturated/α-hetero) is 1. The van der Waals surface area contributed by atoms with Gasteiger partial charge >= 0.3 is 0 Å². The molecule has 1 heterocycles. The number of aryl methyl sites for hydroxylation is 1. The van der Waals surface area contributed by atoms with Crippen LogP contribution in [0.25, 0.3) is 0 Å². The smallest absolute Gasteiger partial charge is 0.259 e. The van der Waals surface area contributed by atoms with Gasteiger partial charge in [0.05, 0.1) is 12.9 Å². The largest absolute Gasteiger partial charge is 0.336 e. The standard InChI is InChI=1S/C10H17N3O3S/c1-4-13-6-10(11-7-13)17(15,16)12-5-9(14)8(2)3/h6-8,12H,4-5H2,1-3H3. The lowest BCUT2D eigenvalue weighted by Gasteiger charge is -2.05. The van der Waals surface area contributed by atoms with Gasteiger partial charge in [-0.3, -0.25) is 4.79 Å². The Balaban J connectivity index is 2.72. The molecule has 0 radical (unpaired) electrons. The summed E-state index contributed by atoms with van der Waals surface area (Å²) in [6, 6.07) is 0. The van der Waals surface area contributed by atoms with Crippen molar-refractivity contribution >= 4 is 15.8 Å². The summed E-state index contributed by atoms with van der Waals surface area (Å²) in [5, 5.41) is -0.0593. The fourth-order valence-electron chi connectivity index (χ4n) is 1.10. The lowest BCUT2D eigenvalue weighted by molar-refractivity contribution is -0.120. The molecule has 17 heavy (non-hydrogen) atoms. The molecule has 0 atom stereocenters. The minimum atomic E-state index is -3.68. The molecule has 1 aromatic rings. The molecule has 96 valence electrons. The molecule has 0 bridgehead atoms. The van der Waals surface area contributed by atoms with Crippen molar-refractivity contribution in [3.8, 4) is 0 Å². The highest BCUT2D eigenvalue weighted by Gasteiger charge is 2.19. The van der Waals surface area contributed by atoms with Crippen LogP contribution in [0.15, 0.2) is 17.6 Å². The Bertz CT molecular complexity index is 491. The fraction of sp³-hybridized carbons (Fsp3) is 0.600. The molecule has 1 N–H and O–H groups in total. The van der Waals surface area contributed by atoms with E-state index in [4.69, 9.17) is 0 Å². The summed E-state index contributed by atoms with van der Waals surface area (Å²) in [4.78, 5) is 15.1. The predicted octanol–water partition coefficient (Wildman–Crippen LogP) is 0.406. The Morgan fingerprint density at radius 2 is 2.18 bits per heavy atom. The highest BCUT2D eigenvalue weighted by Crippen LogP contribution is 2.05. The minimum absolute atomic E-state index is 0.0593. The van der Waals surface area contributed by atoms with Crippen molar-refractivity contribution in [1.29, 1.82) is 0 Å². The van der Waals surface area contributed by atoms with Gasteiger partial charge < -0.3 is 4.57 Å². The summed E-state index contributed by atoms with van der Waals surface area (Å²) in [5.74, 6) is -0.339. The number of hydrogen-bond donors (Lipinski definition) is 1. The maximum atomic E-state index is 11.7. The summed E-state index contributed by atoms with van der Waals surface area (Å²) in [5.41, 5.74) is 0. The zero-order valence-electron chi connectivity index (χ0n) is 10.2. The summed E-state index contributed by atoms with van der Waals surface area (Å²) < 4.78 is 27.4. The van der Waals surface area contributed by atoms with E-state index in [1.807, 2.05) is 6.92 Å². The van der Waals surface area contributed by atoms with Gasteiger partial charge in [-0.15, -0.1) is 0 Å². The van der Waals surface area contributed by atoms with Crippen molar-refractivity contribution in [3.05, 3.63) is 12.5 Å². The number of sulfonamides is 1. The lowest BCUT2D eigenvalue weighted by atomic mass is 10.1. The van der Waals surface area contributed by atoms with Gasteiger partial charge in [-0.2, -0.15) is 0 Å². The topological polar surface area (TPSA) is 81.1 Å². The van der Waals surface area contributed by atoms with Crippen LogP contribution in [-0.4, -0.2) is 30.3 Å². The molecular weight excluding hydrogens is 242 g/mol. The van der Waals surface area contributed by atoms with E-state index in [0.717, 1.165) is 0 Å². The molecule has 0 fully saturated rings. The first-order valence-electron chi connectivity index (χ1n) is 5.41. The van der Waals surface area contributed by atoms with Crippen LogP contribution in [0.2, 0.25) is 0 Å². The first kappa shape index (κ1) is 13.9. The summed E-state index contributed by atoms with van der Waals surface area (Å²) in [6.45, 7) is 5.78. The molecule has 0 saturated heterocycles. The number of aromatic nitrogens is 2. The monoisotopic (exact) mass is 259 g/mol. The average molecular weight is 259 g/mol. The van der Waals surface area contributed by atoms with Crippen LogP contribution >= 0.6 is 0 Å².